The lowest BCUT2D eigenvalue weighted by molar-refractivity contribution is 0.251. The van der Waals surface area contributed by atoms with Gasteiger partial charge in [-0.05, 0) is 6.92 Å². The summed E-state index contributed by atoms with van der Waals surface area (Å²) in [5.41, 5.74) is 0.308. The number of urea groups is 1. The van der Waals surface area contributed by atoms with Gasteiger partial charge < -0.3 is 10.1 Å². The second-order valence-electron chi connectivity index (χ2n) is 5.42. The van der Waals surface area contributed by atoms with Crippen molar-refractivity contribution in [1.82, 2.24) is 5.43 Å². The van der Waals surface area contributed by atoms with Crippen molar-refractivity contribution in [2.45, 2.75) is 6.92 Å². The highest BCUT2D eigenvalue weighted by atomic mass is 19.1. The van der Waals surface area contributed by atoms with E-state index in [-0.39, 0.29) is 23.1 Å². The molecule has 27 heavy (non-hydrogen) atoms. The van der Waals surface area contributed by atoms with Crippen molar-refractivity contribution in [2.75, 3.05) is 11.9 Å². The largest absolute Gasteiger partial charge is 0.491 e. The van der Waals surface area contributed by atoms with Crippen LogP contribution in [0.2, 0.25) is 0 Å². The predicted octanol–water partition coefficient (Wildman–Crippen LogP) is 1.75. The molecule has 0 unspecified atom stereocenters. The standard InChI is InChI=1S/C18H13F2N3O4/c1-2-27-13-8-9(19)7-12(20)14(13)21-18(26)23-22-15-16(24)10-5-3-4-6-11(10)17(15)25/h3-8H,2H2,1H3,(H2,21,23,26). The number of carbonyl (C=O) groups excluding carboxylic acids is 1. The summed E-state index contributed by atoms with van der Waals surface area (Å²) in [7, 11) is 0. The predicted molar refractivity (Wildman–Crippen MR) is 94.1 cm³/mol. The molecule has 0 aliphatic rings. The molecule has 0 heterocycles. The molecule has 0 aromatic heterocycles. The average molecular weight is 373 g/mol. The molecule has 0 saturated carbocycles. The lowest BCUT2D eigenvalue weighted by Gasteiger charge is -2.12. The Balaban J connectivity index is 1.89. The fraction of sp³-hybridized carbons (Fsp3) is 0.111. The number of fused-ring (bicyclic) bond motifs is 1. The summed E-state index contributed by atoms with van der Waals surface area (Å²) < 4.78 is 32.3. The van der Waals surface area contributed by atoms with Crippen molar-refractivity contribution in [3.05, 3.63) is 73.8 Å². The third-order valence-corrected chi connectivity index (χ3v) is 3.67. The number of hydrogen-bond donors (Lipinski definition) is 2. The molecular weight excluding hydrogens is 360 g/mol. The van der Waals surface area contributed by atoms with Crippen LogP contribution in [0.25, 0.3) is 10.8 Å². The van der Waals surface area contributed by atoms with Crippen LogP contribution in [0.4, 0.5) is 19.3 Å². The molecule has 0 spiro atoms. The van der Waals surface area contributed by atoms with Crippen molar-refractivity contribution in [3.63, 3.8) is 0 Å². The summed E-state index contributed by atoms with van der Waals surface area (Å²) >= 11 is 0. The van der Waals surface area contributed by atoms with Crippen LogP contribution in [0.3, 0.4) is 0 Å². The van der Waals surface area contributed by atoms with Crippen molar-refractivity contribution in [1.29, 1.82) is 0 Å². The van der Waals surface area contributed by atoms with E-state index in [0.29, 0.717) is 6.07 Å². The van der Waals surface area contributed by atoms with E-state index in [1.807, 2.05) is 5.43 Å². The first-order valence-electron chi connectivity index (χ1n) is 7.87. The van der Waals surface area contributed by atoms with Crippen molar-refractivity contribution >= 4 is 22.5 Å². The normalized spacial score (nSPS) is 10.6. The summed E-state index contributed by atoms with van der Waals surface area (Å²) in [6.07, 6.45) is 0. The van der Waals surface area contributed by atoms with Gasteiger partial charge in [0.25, 0.3) is 0 Å². The molecule has 0 aliphatic heterocycles. The Labute approximate surface area is 150 Å². The van der Waals surface area contributed by atoms with Crippen molar-refractivity contribution in [2.24, 2.45) is 5.10 Å². The van der Waals surface area contributed by atoms with Crippen LogP contribution >= 0.6 is 0 Å². The molecule has 2 amide bonds. The van der Waals surface area contributed by atoms with Crippen LogP contribution in [-0.4, -0.2) is 12.6 Å². The Morgan fingerprint density at radius 2 is 1.74 bits per heavy atom. The maximum absolute atomic E-state index is 13.9. The van der Waals surface area contributed by atoms with Gasteiger partial charge in [0.2, 0.25) is 10.9 Å². The van der Waals surface area contributed by atoms with Crippen LogP contribution in [0.1, 0.15) is 6.92 Å². The summed E-state index contributed by atoms with van der Waals surface area (Å²) in [4.78, 5) is 36.3. The fourth-order valence-corrected chi connectivity index (χ4v) is 2.53. The minimum absolute atomic E-state index is 0.114. The zero-order valence-electron chi connectivity index (χ0n) is 14.0. The van der Waals surface area contributed by atoms with Crippen molar-refractivity contribution < 1.29 is 18.3 Å². The summed E-state index contributed by atoms with van der Waals surface area (Å²) in [5.74, 6) is -2.14. The van der Waals surface area contributed by atoms with Gasteiger partial charge in [0.15, 0.2) is 11.2 Å². The quantitative estimate of drug-likeness (QED) is 0.681. The Kier molecular flexibility index (Phi) is 4.93. The molecule has 0 saturated heterocycles. The molecule has 9 heteroatoms. The Morgan fingerprint density at radius 1 is 1.11 bits per heavy atom. The number of ether oxygens (including phenoxy) is 1. The lowest BCUT2D eigenvalue weighted by atomic mass is 10.2. The molecule has 138 valence electrons. The molecule has 0 bridgehead atoms. The fourth-order valence-electron chi connectivity index (χ4n) is 2.53. The summed E-state index contributed by atoms with van der Waals surface area (Å²) in [6, 6.07) is 6.59. The number of nitrogens with zero attached hydrogens (tertiary/aromatic N) is 1. The molecule has 0 fully saturated rings. The van der Waals surface area contributed by atoms with E-state index >= 15 is 0 Å². The highest BCUT2D eigenvalue weighted by Crippen LogP contribution is 2.29. The first-order valence-corrected chi connectivity index (χ1v) is 7.87. The first kappa shape index (κ1) is 18.2. The highest BCUT2D eigenvalue weighted by Gasteiger charge is 2.16. The van der Waals surface area contributed by atoms with E-state index in [9.17, 15) is 23.2 Å². The number of nitrogens with one attached hydrogen (secondary N) is 2. The van der Waals surface area contributed by atoms with Crippen LogP contribution in [0.15, 0.2) is 51.1 Å². The van der Waals surface area contributed by atoms with Crippen LogP contribution in [-0.2, 0) is 0 Å². The van der Waals surface area contributed by atoms with E-state index in [2.05, 4.69) is 10.4 Å². The zero-order chi connectivity index (χ0) is 19.6. The minimum atomic E-state index is -1.05. The van der Waals surface area contributed by atoms with Crippen LogP contribution < -0.4 is 31.7 Å². The van der Waals surface area contributed by atoms with Crippen molar-refractivity contribution in [3.8, 4) is 5.75 Å². The Morgan fingerprint density at radius 3 is 2.33 bits per heavy atom. The number of halogens is 2. The van der Waals surface area contributed by atoms with Crippen LogP contribution in [0.5, 0.6) is 5.75 Å². The number of hydrogen-bond acceptors (Lipinski definition) is 5. The number of rotatable bonds is 4. The molecular formula is C18H13F2N3O4. The van der Waals surface area contributed by atoms with Gasteiger partial charge >= 0.3 is 6.03 Å². The topological polar surface area (TPSA) is 96.9 Å². The summed E-state index contributed by atoms with van der Waals surface area (Å²) in [5, 5.41) is 5.57. The van der Waals surface area contributed by atoms with Gasteiger partial charge in [-0.1, -0.05) is 24.3 Å². The van der Waals surface area contributed by atoms with E-state index in [1.54, 1.807) is 19.1 Å². The molecule has 3 aromatic carbocycles. The monoisotopic (exact) mass is 373 g/mol. The Hall–Kier alpha value is -3.62. The second-order valence-corrected chi connectivity index (χ2v) is 5.42. The van der Waals surface area contributed by atoms with E-state index in [0.717, 1.165) is 6.07 Å². The maximum Gasteiger partial charge on any atom is 0.339 e. The first-order chi connectivity index (χ1) is 12.9. The Bertz CT molecular complexity index is 1130. The van der Waals surface area contributed by atoms with Gasteiger partial charge in [0.05, 0.1) is 6.61 Å². The van der Waals surface area contributed by atoms with Gasteiger partial charge in [-0.2, -0.15) is 5.10 Å². The third-order valence-electron chi connectivity index (χ3n) is 3.67. The van der Waals surface area contributed by atoms with Gasteiger partial charge in [-0.3, -0.25) is 9.59 Å². The summed E-state index contributed by atoms with van der Waals surface area (Å²) in [6.45, 7) is 1.72. The van der Waals surface area contributed by atoms with E-state index in [4.69, 9.17) is 4.74 Å². The van der Waals surface area contributed by atoms with E-state index < -0.39 is 39.6 Å². The minimum Gasteiger partial charge on any atom is -0.491 e. The number of carbonyl (C=O) groups is 1. The molecule has 3 aromatic rings. The number of benzene rings is 2. The van der Waals surface area contributed by atoms with Crippen LogP contribution in [0, 0.1) is 11.6 Å². The van der Waals surface area contributed by atoms with Gasteiger partial charge in [-0.25, -0.2) is 19.0 Å². The zero-order valence-corrected chi connectivity index (χ0v) is 14.0. The molecule has 0 radical (unpaired) electrons. The average Bonchev–Trinajstić information content (AvgIpc) is 2.87. The number of amides is 2. The molecule has 3 rings (SSSR count). The van der Waals surface area contributed by atoms with Gasteiger partial charge in [-0.15, -0.1) is 0 Å². The molecule has 2 N–H and O–H groups in total. The second kappa shape index (κ2) is 7.32. The van der Waals surface area contributed by atoms with E-state index in [1.165, 1.54) is 12.1 Å². The lowest BCUT2D eigenvalue weighted by Crippen LogP contribution is -2.37. The molecule has 0 atom stereocenters. The highest BCUT2D eigenvalue weighted by molar-refractivity contribution is 5.91. The smallest absolute Gasteiger partial charge is 0.339 e. The SMILES string of the molecule is CCOc1cc(F)cc(F)c1NC(=O)NN=c1c(=O)c2ccccc2c1=O. The maximum atomic E-state index is 13.9. The van der Waals surface area contributed by atoms with Gasteiger partial charge in [0, 0.05) is 22.9 Å². The molecule has 0 aliphatic carbocycles. The number of anilines is 1. The molecule has 7 nitrogen and oxygen atoms in total. The third kappa shape index (κ3) is 3.52. The van der Waals surface area contributed by atoms with Gasteiger partial charge in [0.1, 0.15) is 17.3 Å².